The van der Waals surface area contributed by atoms with Crippen LogP contribution in [0.2, 0.25) is 0 Å². The fraction of sp³-hybridized carbons (Fsp3) is 0. The van der Waals surface area contributed by atoms with Crippen molar-refractivity contribution in [2.24, 2.45) is 0 Å². The monoisotopic (exact) mass is 717 g/mol. The number of pyridine rings is 2. The van der Waals surface area contributed by atoms with Gasteiger partial charge in [0.15, 0.2) is 17.5 Å². The van der Waals surface area contributed by atoms with E-state index in [1.54, 1.807) is 24.8 Å². The lowest BCUT2D eigenvalue weighted by Gasteiger charge is -2.16. The molecule has 0 radical (unpaired) electrons. The minimum atomic E-state index is 0.586. The van der Waals surface area contributed by atoms with Gasteiger partial charge in [0, 0.05) is 74.4 Å². The van der Waals surface area contributed by atoms with Crippen molar-refractivity contribution in [3.05, 3.63) is 189 Å². The van der Waals surface area contributed by atoms with E-state index < -0.39 is 0 Å². The summed E-state index contributed by atoms with van der Waals surface area (Å²) >= 11 is 0. The third kappa shape index (κ3) is 5.25. The Morgan fingerprint density at radius 1 is 0.286 bits per heavy atom. The largest absolute Gasteiger partial charge is 0.309 e. The lowest BCUT2D eigenvalue weighted by Crippen LogP contribution is -2.01. The maximum absolute atomic E-state index is 4.94. The molecule has 0 fully saturated rings. The highest BCUT2D eigenvalue weighted by Crippen LogP contribution is 2.38. The lowest BCUT2D eigenvalue weighted by atomic mass is 10.0. The zero-order valence-electron chi connectivity index (χ0n) is 30.0. The molecule has 11 rings (SSSR count). The first-order valence-corrected chi connectivity index (χ1v) is 18.6. The second-order valence-electron chi connectivity index (χ2n) is 13.8. The van der Waals surface area contributed by atoms with Crippen molar-refractivity contribution in [1.82, 2.24) is 34.1 Å². The second kappa shape index (κ2) is 13.0. The number of rotatable bonds is 6. The van der Waals surface area contributed by atoms with E-state index >= 15 is 0 Å². The van der Waals surface area contributed by atoms with Crippen molar-refractivity contribution in [1.29, 1.82) is 0 Å². The number of hydrogen-bond acceptors (Lipinski definition) is 5. The summed E-state index contributed by atoms with van der Waals surface area (Å²) in [5.74, 6) is 1.76. The predicted octanol–water partition coefficient (Wildman–Crippen LogP) is 11.5. The molecule has 262 valence electrons. The molecule has 5 heterocycles. The summed E-state index contributed by atoms with van der Waals surface area (Å²) in [7, 11) is 0. The van der Waals surface area contributed by atoms with Crippen molar-refractivity contribution in [2.75, 3.05) is 0 Å². The average molecular weight is 718 g/mol. The third-order valence-electron chi connectivity index (χ3n) is 10.6. The topological polar surface area (TPSA) is 74.3 Å². The summed E-state index contributed by atoms with van der Waals surface area (Å²) in [6, 6.07) is 57.8. The Morgan fingerprint density at radius 2 is 0.607 bits per heavy atom. The molecule has 0 spiro atoms. The van der Waals surface area contributed by atoms with E-state index in [1.165, 1.54) is 43.6 Å². The quantitative estimate of drug-likeness (QED) is 0.171. The third-order valence-corrected chi connectivity index (χ3v) is 10.6. The lowest BCUT2D eigenvalue weighted by molar-refractivity contribution is 1.07. The van der Waals surface area contributed by atoms with Gasteiger partial charge in [-0.25, -0.2) is 15.0 Å². The minimum absolute atomic E-state index is 0.586. The Labute approximate surface area is 321 Å². The Kier molecular flexibility index (Phi) is 7.35. The van der Waals surface area contributed by atoms with Gasteiger partial charge < -0.3 is 9.13 Å². The molecule has 0 N–H and O–H groups in total. The number of para-hydroxylation sites is 4. The molecule has 0 aliphatic heterocycles. The van der Waals surface area contributed by atoms with Crippen LogP contribution >= 0.6 is 0 Å². The smallest absolute Gasteiger partial charge is 0.164 e. The van der Waals surface area contributed by atoms with Crippen LogP contribution in [-0.4, -0.2) is 34.1 Å². The first-order valence-electron chi connectivity index (χ1n) is 18.6. The molecule has 6 aromatic carbocycles. The molecule has 7 heteroatoms. The van der Waals surface area contributed by atoms with Crippen LogP contribution in [-0.2, 0) is 0 Å². The van der Waals surface area contributed by atoms with Crippen molar-refractivity contribution in [3.8, 4) is 56.7 Å². The van der Waals surface area contributed by atoms with Crippen molar-refractivity contribution in [2.45, 2.75) is 0 Å². The summed E-state index contributed by atoms with van der Waals surface area (Å²) in [6.07, 6.45) is 7.00. The molecule has 0 amide bonds. The predicted molar refractivity (Wildman–Crippen MR) is 226 cm³/mol. The highest BCUT2D eigenvalue weighted by Gasteiger charge is 2.18. The van der Waals surface area contributed by atoms with Crippen LogP contribution < -0.4 is 0 Å². The summed E-state index contributed by atoms with van der Waals surface area (Å²) in [5, 5.41) is 4.91. The normalized spacial score (nSPS) is 11.6. The Morgan fingerprint density at radius 3 is 0.982 bits per heavy atom. The van der Waals surface area contributed by atoms with Crippen molar-refractivity contribution in [3.63, 3.8) is 0 Å². The first-order chi connectivity index (χ1) is 27.8. The molecule has 0 saturated heterocycles. The zero-order chi connectivity index (χ0) is 37.0. The van der Waals surface area contributed by atoms with Crippen LogP contribution in [0.5, 0.6) is 0 Å². The average Bonchev–Trinajstić information content (AvgIpc) is 3.80. The maximum Gasteiger partial charge on any atom is 0.164 e. The van der Waals surface area contributed by atoms with Gasteiger partial charge >= 0.3 is 0 Å². The van der Waals surface area contributed by atoms with E-state index in [0.717, 1.165) is 39.2 Å². The van der Waals surface area contributed by atoms with E-state index in [4.69, 9.17) is 15.0 Å². The Balaban J connectivity index is 1.11. The molecule has 0 atom stereocenters. The highest BCUT2D eigenvalue weighted by molar-refractivity contribution is 6.10. The molecule has 7 nitrogen and oxygen atoms in total. The van der Waals surface area contributed by atoms with Crippen LogP contribution in [0, 0.1) is 0 Å². The van der Waals surface area contributed by atoms with Gasteiger partial charge in [0.1, 0.15) is 0 Å². The van der Waals surface area contributed by atoms with E-state index in [0.29, 0.717) is 17.5 Å². The number of benzene rings is 6. The van der Waals surface area contributed by atoms with E-state index in [2.05, 4.69) is 159 Å². The van der Waals surface area contributed by atoms with Gasteiger partial charge in [0.2, 0.25) is 0 Å². The van der Waals surface area contributed by atoms with E-state index in [9.17, 15) is 0 Å². The van der Waals surface area contributed by atoms with Gasteiger partial charge in [-0.15, -0.1) is 0 Å². The van der Waals surface area contributed by atoms with Gasteiger partial charge in [-0.1, -0.05) is 97.1 Å². The molecule has 0 unspecified atom stereocenters. The molecule has 0 aliphatic rings. The molecule has 0 aliphatic carbocycles. The van der Waals surface area contributed by atoms with Gasteiger partial charge in [-0.3, -0.25) is 9.97 Å². The Bertz CT molecular complexity index is 2940. The van der Waals surface area contributed by atoms with Crippen LogP contribution in [0.1, 0.15) is 0 Å². The number of nitrogens with zero attached hydrogens (tertiary/aromatic N) is 7. The SMILES string of the molecule is c1ccc2c(c1)c1ccccc1n2-c1cc(-c2ccc(-c3nc(-c4ccncc4)nc(-c4ccncc4)n3)cc2)cc(-n2c3ccccc3c3ccccc32)c1. The molecule has 0 bridgehead atoms. The van der Waals surface area contributed by atoms with Gasteiger partial charge in [-0.2, -0.15) is 0 Å². The van der Waals surface area contributed by atoms with Gasteiger partial charge in [0.05, 0.1) is 22.1 Å². The minimum Gasteiger partial charge on any atom is -0.309 e. The first kappa shape index (κ1) is 31.7. The zero-order valence-corrected chi connectivity index (χ0v) is 30.0. The molecule has 0 saturated carbocycles. The Hall–Kier alpha value is -7.77. The van der Waals surface area contributed by atoms with Crippen molar-refractivity contribution >= 4 is 43.6 Å². The fourth-order valence-electron chi connectivity index (χ4n) is 8.00. The second-order valence-corrected chi connectivity index (χ2v) is 13.8. The van der Waals surface area contributed by atoms with Crippen LogP contribution in [0.3, 0.4) is 0 Å². The summed E-state index contributed by atoms with van der Waals surface area (Å²) in [5.41, 5.74) is 11.6. The number of aromatic nitrogens is 7. The van der Waals surface area contributed by atoms with E-state index in [1.807, 2.05) is 24.3 Å². The fourth-order valence-corrected chi connectivity index (χ4v) is 8.00. The van der Waals surface area contributed by atoms with Crippen LogP contribution in [0.25, 0.3) is 100 Å². The number of hydrogen-bond donors (Lipinski definition) is 0. The number of fused-ring (bicyclic) bond motifs is 6. The summed E-state index contributed by atoms with van der Waals surface area (Å²) in [4.78, 5) is 23.1. The van der Waals surface area contributed by atoms with Gasteiger partial charge in [0.25, 0.3) is 0 Å². The summed E-state index contributed by atoms with van der Waals surface area (Å²) < 4.78 is 4.79. The maximum atomic E-state index is 4.94. The summed E-state index contributed by atoms with van der Waals surface area (Å²) in [6.45, 7) is 0. The van der Waals surface area contributed by atoms with Crippen molar-refractivity contribution < 1.29 is 0 Å². The van der Waals surface area contributed by atoms with E-state index in [-0.39, 0.29) is 0 Å². The molecule has 56 heavy (non-hydrogen) atoms. The highest BCUT2D eigenvalue weighted by atomic mass is 15.0. The standard InChI is InChI=1S/C49H31N7/c1-5-13-43-39(9-1)40-10-2-6-14-44(40)55(43)37-29-36(30-38(31-37)56-45-15-7-3-11-41(45)42-12-4-8-16-46(42)56)32-17-19-33(20-18-32)47-52-48(34-21-25-50-26-22-34)54-49(53-47)35-23-27-51-28-24-35/h1-31H. The van der Waals surface area contributed by atoms with Gasteiger partial charge in [-0.05, 0) is 77.9 Å². The molecule has 11 aromatic rings. The van der Waals surface area contributed by atoms with Crippen LogP contribution in [0.4, 0.5) is 0 Å². The van der Waals surface area contributed by atoms with Crippen LogP contribution in [0.15, 0.2) is 189 Å². The molecular formula is C49H31N7. The molecule has 5 aromatic heterocycles. The molecular weight excluding hydrogens is 687 g/mol.